The molecule has 0 aromatic carbocycles. The quantitative estimate of drug-likeness (QED) is 0.378. The van der Waals surface area contributed by atoms with Gasteiger partial charge in [-0.25, -0.2) is 4.79 Å². The van der Waals surface area contributed by atoms with Crippen molar-refractivity contribution in [1.29, 1.82) is 0 Å². The van der Waals surface area contributed by atoms with Gasteiger partial charge in [-0.1, -0.05) is 46.6 Å². The Morgan fingerprint density at radius 1 is 0.929 bits per heavy atom. The third-order valence-electron chi connectivity index (χ3n) is 9.66. The van der Waals surface area contributed by atoms with Crippen LogP contribution in [-0.2, 0) is 9.53 Å². The highest BCUT2D eigenvalue weighted by atomic mass is 16.5. The molecule has 0 heterocycles. The Morgan fingerprint density at radius 2 is 1.68 bits per heavy atom. The summed E-state index contributed by atoms with van der Waals surface area (Å²) >= 11 is 0. The van der Waals surface area contributed by atoms with Crippen LogP contribution in [0, 0.1) is 40.4 Å². The van der Waals surface area contributed by atoms with Crippen LogP contribution in [-0.4, -0.2) is 13.1 Å². The first-order chi connectivity index (χ1) is 13.5. The molecule has 0 aliphatic heterocycles. The third kappa shape index (κ3) is 3.70. The number of methoxy groups -OCH3 is 1. The van der Waals surface area contributed by atoms with Crippen molar-refractivity contribution in [2.45, 2.75) is 98.3 Å². The maximum atomic E-state index is 11.4. The fourth-order valence-electron chi connectivity index (χ4n) is 8.19. The van der Waals surface area contributed by atoms with Gasteiger partial charge in [-0.3, -0.25) is 0 Å². The first-order valence-corrected chi connectivity index (χ1v) is 12.2. The van der Waals surface area contributed by atoms with Gasteiger partial charge in [0.15, 0.2) is 0 Å². The summed E-state index contributed by atoms with van der Waals surface area (Å²) < 4.78 is 4.75. The first kappa shape index (κ1) is 21.9. The van der Waals surface area contributed by atoms with Gasteiger partial charge in [-0.15, -0.1) is 0 Å². The van der Waals surface area contributed by atoms with Crippen molar-refractivity contribution in [3.8, 4) is 0 Å². The molecule has 4 aliphatic carbocycles. The number of allylic oxidation sites excluding steroid dienone is 1. The number of fused-ring (bicyclic) bond motifs is 5. The summed E-state index contributed by atoms with van der Waals surface area (Å²) in [5.74, 6) is 4.45. The second-order valence-corrected chi connectivity index (χ2v) is 10.4. The number of esters is 1. The average molecular weight is 389 g/mol. The van der Waals surface area contributed by atoms with Gasteiger partial charge in [0.2, 0.25) is 0 Å². The Balaban J connectivity index is 0.00000109. The smallest absolute Gasteiger partial charge is 0.330 e. The fourth-order valence-corrected chi connectivity index (χ4v) is 8.19. The average Bonchev–Trinajstić information content (AvgIpc) is 3.05. The summed E-state index contributed by atoms with van der Waals surface area (Å²) in [6.07, 6.45) is 19.4. The van der Waals surface area contributed by atoms with E-state index in [0.29, 0.717) is 10.8 Å². The standard InChI is InChI=1S/C24H38O2.C2H6/c1-23-15-5-4-7-17(23)10-12-19-20-13-11-18(8-6-9-22(25)26-3)24(20,2)16-14-21(19)23;1-2/h6,9,17-21H,4-5,7-8,10-16H2,1-3H3;1-2H3/b9-6+;. The molecule has 0 aromatic heterocycles. The molecule has 160 valence electrons. The van der Waals surface area contributed by atoms with Crippen molar-refractivity contribution in [2.75, 3.05) is 7.11 Å². The summed E-state index contributed by atoms with van der Waals surface area (Å²) in [7, 11) is 1.46. The summed E-state index contributed by atoms with van der Waals surface area (Å²) in [5.41, 5.74) is 1.14. The predicted molar refractivity (Wildman–Crippen MR) is 117 cm³/mol. The molecule has 7 atom stereocenters. The van der Waals surface area contributed by atoms with E-state index in [1.165, 1.54) is 71.3 Å². The van der Waals surface area contributed by atoms with Gasteiger partial charge >= 0.3 is 5.97 Å². The van der Waals surface area contributed by atoms with E-state index < -0.39 is 0 Å². The Bertz CT molecular complexity index is 567. The highest BCUT2D eigenvalue weighted by Crippen LogP contribution is 2.67. The molecule has 28 heavy (non-hydrogen) atoms. The van der Waals surface area contributed by atoms with Gasteiger partial charge < -0.3 is 4.74 Å². The van der Waals surface area contributed by atoms with Crippen molar-refractivity contribution < 1.29 is 9.53 Å². The number of carbonyl (C=O) groups excluding carboxylic acids is 1. The molecule has 4 fully saturated rings. The summed E-state index contributed by atoms with van der Waals surface area (Å²) in [4.78, 5) is 11.4. The number of hydrogen-bond donors (Lipinski definition) is 0. The summed E-state index contributed by atoms with van der Waals surface area (Å²) in [6, 6.07) is 0. The molecular formula is C26H44O2. The second-order valence-electron chi connectivity index (χ2n) is 10.4. The molecule has 0 radical (unpaired) electrons. The van der Waals surface area contributed by atoms with E-state index in [0.717, 1.165) is 36.0 Å². The third-order valence-corrected chi connectivity index (χ3v) is 9.66. The lowest BCUT2D eigenvalue weighted by molar-refractivity contribution is -0.134. The van der Waals surface area contributed by atoms with Crippen molar-refractivity contribution in [2.24, 2.45) is 40.4 Å². The lowest BCUT2D eigenvalue weighted by Crippen LogP contribution is -2.52. The molecule has 4 rings (SSSR count). The molecule has 0 N–H and O–H groups in total. The summed E-state index contributed by atoms with van der Waals surface area (Å²) in [6.45, 7) is 9.26. The van der Waals surface area contributed by atoms with Crippen LogP contribution >= 0.6 is 0 Å². The minimum atomic E-state index is -0.211. The molecule has 0 bridgehead atoms. The van der Waals surface area contributed by atoms with Crippen LogP contribution in [0.5, 0.6) is 0 Å². The SMILES string of the molecule is CC.COC(=O)/C=C/CC1CCC2C3CCC4CCCCC4(C)C3CCC12C. The van der Waals surface area contributed by atoms with Crippen molar-refractivity contribution in [3.05, 3.63) is 12.2 Å². The van der Waals surface area contributed by atoms with E-state index in [4.69, 9.17) is 4.74 Å². The van der Waals surface area contributed by atoms with Gasteiger partial charge in [0.25, 0.3) is 0 Å². The molecule has 2 nitrogen and oxygen atoms in total. The number of carbonyl (C=O) groups is 1. The highest BCUT2D eigenvalue weighted by Gasteiger charge is 2.59. The largest absolute Gasteiger partial charge is 0.466 e. The number of ether oxygens (including phenoxy) is 1. The zero-order valence-corrected chi connectivity index (χ0v) is 19.1. The molecule has 7 unspecified atom stereocenters. The molecule has 4 saturated carbocycles. The Morgan fingerprint density at radius 3 is 2.43 bits per heavy atom. The lowest BCUT2D eigenvalue weighted by atomic mass is 9.45. The van der Waals surface area contributed by atoms with Crippen molar-refractivity contribution in [3.63, 3.8) is 0 Å². The number of hydrogen-bond acceptors (Lipinski definition) is 2. The monoisotopic (exact) mass is 388 g/mol. The minimum Gasteiger partial charge on any atom is -0.466 e. The van der Waals surface area contributed by atoms with Gasteiger partial charge in [0.05, 0.1) is 7.11 Å². The number of rotatable bonds is 3. The van der Waals surface area contributed by atoms with E-state index in [1.54, 1.807) is 6.08 Å². The molecule has 0 aromatic rings. The predicted octanol–water partition coefficient (Wildman–Crippen LogP) is 7.18. The van der Waals surface area contributed by atoms with E-state index >= 15 is 0 Å². The van der Waals surface area contributed by atoms with E-state index in [2.05, 4.69) is 19.9 Å². The Labute approximate surface area is 173 Å². The first-order valence-electron chi connectivity index (χ1n) is 12.2. The molecule has 0 amide bonds. The van der Waals surface area contributed by atoms with Gasteiger partial charge in [-0.05, 0) is 98.2 Å². The van der Waals surface area contributed by atoms with Crippen LogP contribution in [0.25, 0.3) is 0 Å². The van der Waals surface area contributed by atoms with Crippen LogP contribution in [0.1, 0.15) is 98.3 Å². The Kier molecular flexibility index (Phi) is 6.98. The summed E-state index contributed by atoms with van der Waals surface area (Å²) in [5, 5.41) is 0. The van der Waals surface area contributed by atoms with Crippen LogP contribution < -0.4 is 0 Å². The maximum Gasteiger partial charge on any atom is 0.330 e. The molecule has 4 aliphatic rings. The highest BCUT2D eigenvalue weighted by molar-refractivity contribution is 5.81. The van der Waals surface area contributed by atoms with Gasteiger partial charge in [0.1, 0.15) is 0 Å². The minimum absolute atomic E-state index is 0.211. The lowest BCUT2D eigenvalue weighted by Gasteiger charge is -2.60. The van der Waals surface area contributed by atoms with Crippen LogP contribution in [0.4, 0.5) is 0 Å². The van der Waals surface area contributed by atoms with E-state index in [1.807, 2.05) is 13.8 Å². The van der Waals surface area contributed by atoms with Crippen molar-refractivity contribution in [1.82, 2.24) is 0 Å². The van der Waals surface area contributed by atoms with Crippen LogP contribution in [0.3, 0.4) is 0 Å². The van der Waals surface area contributed by atoms with Gasteiger partial charge in [-0.2, -0.15) is 0 Å². The second kappa shape index (κ2) is 8.92. The molecule has 0 saturated heterocycles. The van der Waals surface area contributed by atoms with E-state index in [9.17, 15) is 4.79 Å². The molecular weight excluding hydrogens is 344 g/mol. The fraction of sp³-hybridized carbons (Fsp3) is 0.885. The normalized spacial score (nSPS) is 44.7. The Hall–Kier alpha value is -0.790. The van der Waals surface area contributed by atoms with Crippen LogP contribution in [0.2, 0.25) is 0 Å². The molecule has 2 heteroatoms. The zero-order valence-electron chi connectivity index (χ0n) is 19.1. The van der Waals surface area contributed by atoms with Crippen molar-refractivity contribution >= 4 is 5.97 Å². The topological polar surface area (TPSA) is 26.3 Å². The zero-order chi connectivity index (χ0) is 20.4. The molecule has 0 spiro atoms. The van der Waals surface area contributed by atoms with Crippen LogP contribution in [0.15, 0.2) is 12.2 Å². The van der Waals surface area contributed by atoms with Gasteiger partial charge in [0, 0.05) is 6.08 Å². The maximum absolute atomic E-state index is 11.4. The van der Waals surface area contributed by atoms with E-state index in [-0.39, 0.29) is 5.97 Å².